The Balaban J connectivity index is 2.79. The predicted octanol–water partition coefficient (Wildman–Crippen LogP) is 0.345. The molecular formula is C10H9AsO3S. The first-order valence-electron chi connectivity index (χ1n) is 4.24. The van der Waals surface area contributed by atoms with Gasteiger partial charge in [0.05, 0.1) is 0 Å². The quantitative estimate of drug-likeness (QED) is 0.607. The van der Waals surface area contributed by atoms with Crippen molar-refractivity contribution in [3.8, 4) is 0 Å². The summed E-state index contributed by atoms with van der Waals surface area (Å²) >= 11 is 1.49. The molecule has 0 radical (unpaired) electrons. The second kappa shape index (κ2) is 3.63. The first-order valence-corrected chi connectivity index (χ1v) is 6.89. The molecular weight excluding hydrogens is 275 g/mol. The summed E-state index contributed by atoms with van der Waals surface area (Å²) in [5.74, 6) is 0. The maximum absolute atomic E-state index is 10.9. The van der Waals surface area contributed by atoms with Gasteiger partial charge >= 0.3 is 96.4 Å². The van der Waals surface area contributed by atoms with Gasteiger partial charge in [-0.2, -0.15) is 0 Å². The van der Waals surface area contributed by atoms with Gasteiger partial charge in [0.2, 0.25) is 0 Å². The molecule has 0 amide bonds. The Kier molecular flexibility index (Phi) is 2.59. The molecule has 3 nitrogen and oxygen atoms in total. The van der Waals surface area contributed by atoms with Crippen molar-refractivity contribution in [1.82, 2.24) is 0 Å². The van der Waals surface area contributed by atoms with Crippen LogP contribution in [-0.4, -0.2) is 29.8 Å². The van der Waals surface area contributed by atoms with Gasteiger partial charge in [0.1, 0.15) is 0 Å². The Labute approximate surface area is 96.4 Å². The van der Waals surface area contributed by atoms with E-state index in [4.69, 9.17) is 4.55 Å². The number of benzene rings is 2. The van der Waals surface area contributed by atoms with E-state index in [1.165, 1.54) is 29.0 Å². The van der Waals surface area contributed by atoms with Crippen LogP contribution >= 0.6 is 0 Å². The van der Waals surface area contributed by atoms with Crippen LogP contribution in [0.1, 0.15) is 0 Å². The molecule has 2 aromatic carbocycles. The van der Waals surface area contributed by atoms with Crippen LogP contribution in [-0.2, 0) is 10.1 Å². The number of hydrogen-bond donors (Lipinski definition) is 1. The molecule has 0 spiro atoms. The molecule has 0 aliphatic rings. The molecule has 1 N–H and O–H groups in total. The van der Waals surface area contributed by atoms with Gasteiger partial charge in [0, 0.05) is 0 Å². The van der Waals surface area contributed by atoms with Crippen LogP contribution in [0, 0.1) is 0 Å². The number of hydrogen-bond acceptors (Lipinski definition) is 2. The average Bonchev–Trinajstić information content (AvgIpc) is 2.16. The van der Waals surface area contributed by atoms with Gasteiger partial charge in [-0.15, -0.1) is 0 Å². The van der Waals surface area contributed by atoms with Crippen molar-refractivity contribution >= 4 is 42.1 Å². The van der Waals surface area contributed by atoms with Crippen molar-refractivity contribution in [3.05, 3.63) is 36.4 Å². The fourth-order valence-corrected chi connectivity index (χ4v) is 2.75. The molecule has 0 aliphatic carbocycles. The van der Waals surface area contributed by atoms with Crippen LogP contribution in [0.5, 0.6) is 0 Å². The molecule has 78 valence electrons. The molecule has 2 rings (SSSR count). The van der Waals surface area contributed by atoms with E-state index >= 15 is 0 Å². The molecule has 1 atom stereocenters. The van der Waals surface area contributed by atoms with Crippen LogP contribution in [0.25, 0.3) is 10.8 Å². The summed E-state index contributed by atoms with van der Waals surface area (Å²) in [6.45, 7) is 0. The molecule has 0 heterocycles. The van der Waals surface area contributed by atoms with Crippen LogP contribution in [0.3, 0.4) is 0 Å². The first kappa shape index (κ1) is 10.7. The van der Waals surface area contributed by atoms with E-state index < -0.39 is 10.1 Å². The molecule has 1 unspecified atom stereocenters. The average molecular weight is 284 g/mol. The Morgan fingerprint density at radius 1 is 1.13 bits per heavy atom. The third kappa shape index (κ3) is 2.07. The van der Waals surface area contributed by atoms with E-state index in [-0.39, 0.29) is 4.90 Å². The SMILES string of the molecule is O=S(=O)(O)c1ccc2c([AsH2])cccc2c1. The van der Waals surface area contributed by atoms with Gasteiger partial charge in [0.15, 0.2) is 0 Å². The van der Waals surface area contributed by atoms with E-state index in [1.54, 1.807) is 6.07 Å². The molecule has 0 aromatic heterocycles. The normalized spacial score (nSPS) is 11.9. The minimum absolute atomic E-state index is 0.0619. The molecule has 5 heteroatoms. The van der Waals surface area contributed by atoms with Crippen LogP contribution in [0.15, 0.2) is 41.3 Å². The van der Waals surface area contributed by atoms with Gasteiger partial charge < -0.3 is 0 Å². The second-order valence-corrected chi connectivity index (χ2v) is 5.93. The molecule has 0 fully saturated rings. The number of fused-ring (bicyclic) bond motifs is 1. The minimum atomic E-state index is -4.10. The van der Waals surface area contributed by atoms with E-state index in [9.17, 15) is 8.42 Å². The van der Waals surface area contributed by atoms with Crippen molar-refractivity contribution < 1.29 is 13.0 Å². The van der Waals surface area contributed by atoms with Gasteiger partial charge in [-0.1, -0.05) is 0 Å². The monoisotopic (exact) mass is 284 g/mol. The summed E-state index contributed by atoms with van der Waals surface area (Å²) in [6, 6.07) is 10.3. The van der Waals surface area contributed by atoms with Crippen molar-refractivity contribution in [2.45, 2.75) is 4.90 Å². The van der Waals surface area contributed by atoms with Crippen molar-refractivity contribution in [3.63, 3.8) is 0 Å². The van der Waals surface area contributed by atoms with E-state index in [2.05, 4.69) is 0 Å². The molecule has 0 bridgehead atoms. The van der Waals surface area contributed by atoms with Crippen LogP contribution < -0.4 is 4.35 Å². The molecule has 2 aromatic rings. The van der Waals surface area contributed by atoms with Crippen LogP contribution in [0.4, 0.5) is 0 Å². The maximum atomic E-state index is 10.9. The zero-order valence-corrected chi connectivity index (χ0v) is 11.0. The summed E-state index contributed by atoms with van der Waals surface area (Å²) in [5, 5.41) is 1.84. The van der Waals surface area contributed by atoms with Gasteiger partial charge in [0.25, 0.3) is 0 Å². The third-order valence-electron chi connectivity index (χ3n) is 2.18. The van der Waals surface area contributed by atoms with Crippen molar-refractivity contribution in [2.24, 2.45) is 0 Å². The fraction of sp³-hybridized carbons (Fsp3) is 0. The standard InChI is InChI=1S/C10H9AsO3S/c11-10-3-1-2-7-6-8(15(12,13)14)4-5-9(7)10/h1-6H,11H2,(H,12,13,14). The fourth-order valence-electron chi connectivity index (χ4n) is 1.45. The Morgan fingerprint density at radius 3 is 2.53 bits per heavy atom. The zero-order valence-electron chi connectivity index (χ0n) is 7.71. The van der Waals surface area contributed by atoms with Crippen molar-refractivity contribution in [2.75, 3.05) is 0 Å². The summed E-state index contributed by atoms with van der Waals surface area (Å²) in [4.78, 5) is -0.0619. The zero-order chi connectivity index (χ0) is 11.1. The Bertz CT molecular complexity index is 620. The Hall–Kier alpha value is -0.832. The summed E-state index contributed by atoms with van der Waals surface area (Å²) in [6.07, 6.45) is 0. The van der Waals surface area contributed by atoms with Gasteiger partial charge in [-0.05, 0) is 0 Å². The third-order valence-corrected chi connectivity index (χ3v) is 4.09. The summed E-state index contributed by atoms with van der Waals surface area (Å²) in [5.41, 5.74) is 0. The summed E-state index contributed by atoms with van der Waals surface area (Å²) < 4.78 is 31.9. The first-order chi connectivity index (χ1) is 6.98. The van der Waals surface area contributed by atoms with E-state index in [0.717, 1.165) is 15.1 Å². The van der Waals surface area contributed by atoms with Gasteiger partial charge in [-0.25, -0.2) is 0 Å². The molecule has 15 heavy (non-hydrogen) atoms. The molecule has 0 aliphatic heterocycles. The molecule has 0 saturated carbocycles. The van der Waals surface area contributed by atoms with Gasteiger partial charge in [-0.3, -0.25) is 0 Å². The summed E-state index contributed by atoms with van der Waals surface area (Å²) in [7, 11) is -4.10. The Morgan fingerprint density at radius 2 is 1.87 bits per heavy atom. The molecule has 0 saturated heterocycles. The van der Waals surface area contributed by atoms with E-state index in [0.29, 0.717) is 0 Å². The topological polar surface area (TPSA) is 54.4 Å². The van der Waals surface area contributed by atoms with Crippen LogP contribution in [0.2, 0.25) is 0 Å². The van der Waals surface area contributed by atoms with E-state index in [1.807, 2.05) is 18.2 Å². The number of rotatable bonds is 1. The predicted molar refractivity (Wildman–Crippen MR) is 61.9 cm³/mol. The second-order valence-electron chi connectivity index (χ2n) is 3.21. The van der Waals surface area contributed by atoms with Crippen molar-refractivity contribution in [1.29, 1.82) is 0 Å².